The zero-order valence-corrected chi connectivity index (χ0v) is 19.3. The first-order chi connectivity index (χ1) is 15.3. The predicted octanol–water partition coefficient (Wildman–Crippen LogP) is 5.56. The van der Waals surface area contributed by atoms with Crippen LogP contribution in [0.1, 0.15) is 57.6 Å². The van der Waals surface area contributed by atoms with Gasteiger partial charge in [-0.1, -0.05) is 42.5 Å². The first kappa shape index (κ1) is 22.4. The Balaban J connectivity index is 1.34. The standard InChI is InChI=1S/C27H33NO4/c1-27(2,3)32-26(30)28-22-12-13-23(28)17-21(16-22)25(29)15-20-10-7-11-24(14-20)31-18-19-8-5-4-6-9-19/h4-11,14,21-23H,12-13,15-18H2,1-3H3. The smallest absolute Gasteiger partial charge is 0.410 e. The summed E-state index contributed by atoms with van der Waals surface area (Å²) in [6.45, 7) is 6.17. The summed E-state index contributed by atoms with van der Waals surface area (Å²) in [5, 5.41) is 0. The molecule has 2 bridgehead atoms. The molecule has 0 spiro atoms. The minimum Gasteiger partial charge on any atom is -0.489 e. The van der Waals surface area contributed by atoms with Crippen LogP contribution in [-0.4, -0.2) is 34.5 Å². The summed E-state index contributed by atoms with van der Waals surface area (Å²) < 4.78 is 11.5. The van der Waals surface area contributed by atoms with Gasteiger partial charge in [-0.3, -0.25) is 4.79 Å². The number of rotatable bonds is 6. The number of carbonyl (C=O) groups is 2. The minimum atomic E-state index is -0.503. The molecule has 2 heterocycles. The molecule has 0 saturated carbocycles. The average Bonchev–Trinajstić information content (AvgIpc) is 3.02. The molecule has 5 heteroatoms. The monoisotopic (exact) mass is 435 g/mol. The fourth-order valence-corrected chi connectivity index (χ4v) is 4.88. The van der Waals surface area contributed by atoms with E-state index in [-0.39, 0.29) is 29.9 Å². The van der Waals surface area contributed by atoms with Gasteiger partial charge in [0.25, 0.3) is 0 Å². The molecular formula is C27H33NO4. The molecule has 0 aromatic heterocycles. The summed E-state index contributed by atoms with van der Waals surface area (Å²) in [5.41, 5.74) is 1.58. The highest BCUT2D eigenvalue weighted by Crippen LogP contribution is 2.40. The van der Waals surface area contributed by atoms with Crippen molar-refractivity contribution in [1.29, 1.82) is 0 Å². The van der Waals surface area contributed by atoms with Crippen LogP contribution in [0.4, 0.5) is 4.79 Å². The molecule has 2 aromatic carbocycles. The molecule has 2 saturated heterocycles. The van der Waals surface area contributed by atoms with Crippen molar-refractivity contribution in [2.24, 2.45) is 5.92 Å². The first-order valence-electron chi connectivity index (χ1n) is 11.6. The summed E-state index contributed by atoms with van der Waals surface area (Å²) in [6, 6.07) is 18.1. The van der Waals surface area contributed by atoms with Gasteiger partial charge < -0.3 is 14.4 Å². The number of carbonyl (C=O) groups excluding carboxylic acids is 2. The van der Waals surface area contributed by atoms with Crippen molar-refractivity contribution in [2.45, 2.75) is 77.2 Å². The maximum atomic E-state index is 13.1. The molecule has 2 fully saturated rings. The molecule has 2 atom stereocenters. The molecule has 2 aliphatic rings. The van der Waals surface area contributed by atoms with E-state index in [1.807, 2.05) is 80.3 Å². The quantitative estimate of drug-likeness (QED) is 0.596. The van der Waals surface area contributed by atoms with Crippen LogP contribution in [0.25, 0.3) is 0 Å². The SMILES string of the molecule is CC(C)(C)OC(=O)N1C2CCC1CC(C(=O)Cc1cccc(OCc3ccccc3)c1)C2. The Morgan fingerprint density at radius 3 is 2.25 bits per heavy atom. The van der Waals surface area contributed by atoms with Gasteiger partial charge in [0.15, 0.2) is 0 Å². The molecule has 2 unspecified atom stereocenters. The van der Waals surface area contributed by atoms with Crippen molar-refractivity contribution in [2.75, 3.05) is 0 Å². The number of fused-ring (bicyclic) bond motifs is 2. The Hall–Kier alpha value is -2.82. The van der Waals surface area contributed by atoms with Gasteiger partial charge in [0.05, 0.1) is 0 Å². The predicted molar refractivity (Wildman–Crippen MR) is 124 cm³/mol. The third kappa shape index (κ3) is 5.50. The second-order valence-corrected chi connectivity index (χ2v) is 10.0. The van der Waals surface area contributed by atoms with Gasteiger partial charge >= 0.3 is 6.09 Å². The van der Waals surface area contributed by atoms with Crippen molar-refractivity contribution in [3.05, 3.63) is 65.7 Å². The lowest BCUT2D eigenvalue weighted by molar-refractivity contribution is -0.124. The second-order valence-electron chi connectivity index (χ2n) is 10.0. The Morgan fingerprint density at radius 2 is 1.59 bits per heavy atom. The van der Waals surface area contributed by atoms with Gasteiger partial charge in [0.2, 0.25) is 0 Å². The normalized spacial score (nSPS) is 22.5. The zero-order chi connectivity index (χ0) is 22.7. The lowest BCUT2D eigenvalue weighted by Crippen LogP contribution is -2.49. The van der Waals surface area contributed by atoms with E-state index >= 15 is 0 Å². The molecule has 32 heavy (non-hydrogen) atoms. The van der Waals surface area contributed by atoms with Crippen LogP contribution in [0.2, 0.25) is 0 Å². The number of hydrogen-bond donors (Lipinski definition) is 0. The lowest BCUT2D eigenvalue weighted by Gasteiger charge is -2.39. The summed E-state index contributed by atoms with van der Waals surface area (Å²) in [7, 11) is 0. The Labute approximate surface area is 190 Å². The molecule has 5 nitrogen and oxygen atoms in total. The van der Waals surface area contributed by atoms with Crippen molar-refractivity contribution in [3.63, 3.8) is 0 Å². The minimum absolute atomic E-state index is 0.0000741. The first-order valence-corrected chi connectivity index (χ1v) is 11.6. The molecule has 0 aliphatic carbocycles. The van der Waals surface area contributed by atoms with Gasteiger partial charge in [-0.25, -0.2) is 4.79 Å². The van der Waals surface area contributed by atoms with Crippen molar-refractivity contribution in [3.8, 4) is 5.75 Å². The molecule has 2 aromatic rings. The Bertz CT molecular complexity index is 936. The number of nitrogens with zero attached hydrogens (tertiary/aromatic N) is 1. The van der Waals surface area contributed by atoms with Crippen LogP contribution in [0.15, 0.2) is 54.6 Å². The van der Waals surface area contributed by atoms with Crippen molar-refractivity contribution < 1.29 is 19.1 Å². The number of benzene rings is 2. The summed E-state index contributed by atoms with van der Waals surface area (Å²) in [6.07, 6.45) is 3.54. The van der Waals surface area contributed by atoms with E-state index in [0.717, 1.165) is 42.6 Å². The highest BCUT2D eigenvalue weighted by molar-refractivity contribution is 5.84. The molecule has 4 rings (SSSR count). The van der Waals surface area contributed by atoms with E-state index in [0.29, 0.717) is 13.0 Å². The highest BCUT2D eigenvalue weighted by Gasteiger charge is 2.46. The fourth-order valence-electron chi connectivity index (χ4n) is 4.88. The Morgan fingerprint density at radius 1 is 0.938 bits per heavy atom. The number of ketones is 1. The molecule has 0 radical (unpaired) electrons. The number of amides is 1. The van der Waals surface area contributed by atoms with E-state index in [1.165, 1.54) is 0 Å². The Kier molecular flexibility index (Phi) is 6.54. The lowest BCUT2D eigenvalue weighted by atomic mass is 9.85. The third-order valence-corrected chi connectivity index (χ3v) is 6.32. The van der Waals surface area contributed by atoms with Crippen LogP contribution in [0.3, 0.4) is 0 Å². The number of Topliss-reactive ketones (excluding diaryl/α,β-unsaturated/α-hetero) is 1. The summed E-state index contributed by atoms with van der Waals surface area (Å²) in [5.74, 6) is 1.03. The number of piperidine rings is 1. The van der Waals surface area contributed by atoms with E-state index < -0.39 is 5.60 Å². The fraction of sp³-hybridized carbons (Fsp3) is 0.481. The third-order valence-electron chi connectivity index (χ3n) is 6.32. The molecule has 0 N–H and O–H groups in total. The van der Waals surface area contributed by atoms with Gasteiger partial charge in [0, 0.05) is 24.4 Å². The summed E-state index contributed by atoms with van der Waals surface area (Å²) >= 11 is 0. The largest absolute Gasteiger partial charge is 0.489 e. The van der Waals surface area contributed by atoms with E-state index in [4.69, 9.17) is 9.47 Å². The number of hydrogen-bond acceptors (Lipinski definition) is 4. The highest BCUT2D eigenvalue weighted by atomic mass is 16.6. The molecule has 2 aliphatic heterocycles. The topological polar surface area (TPSA) is 55.8 Å². The average molecular weight is 436 g/mol. The van der Waals surface area contributed by atoms with E-state index in [1.54, 1.807) is 0 Å². The van der Waals surface area contributed by atoms with Crippen LogP contribution < -0.4 is 4.74 Å². The maximum absolute atomic E-state index is 13.1. The van der Waals surface area contributed by atoms with Crippen LogP contribution in [0, 0.1) is 5.92 Å². The van der Waals surface area contributed by atoms with Crippen LogP contribution >= 0.6 is 0 Å². The van der Waals surface area contributed by atoms with Gasteiger partial charge in [0.1, 0.15) is 23.7 Å². The van der Waals surface area contributed by atoms with Crippen molar-refractivity contribution in [1.82, 2.24) is 4.90 Å². The molecule has 170 valence electrons. The van der Waals surface area contributed by atoms with E-state index in [9.17, 15) is 9.59 Å². The second kappa shape index (κ2) is 9.35. The van der Waals surface area contributed by atoms with E-state index in [2.05, 4.69) is 0 Å². The summed E-state index contributed by atoms with van der Waals surface area (Å²) in [4.78, 5) is 27.7. The van der Waals surface area contributed by atoms with Gasteiger partial charge in [-0.05, 0) is 69.7 Å². The van der Waals surface area contributed by atoms with Gasteiger partial charge in [-0.2, -0.15) is 0 Å². The zero-order valence-electron chi connectivity index (χ0n) is 19.3. The number of ether oxygens (including phenoxy) is 2. The maximum Gasteiger partial charge on any atom is 0.410 e. The van der Waals surface area contributed by atoms with Crippen molar-refractivity contribution >= 4 is 11.9 Å². The molecule has 1 amide bonds. The van der Waals surface area contributed by atoms with Gasteiger partial charge in [-0.15, -0.1) is 0 Å². The molecular weight excluding hydrogens is 402 g/mol. The van der Waals surface area contributed by atoms with Crippen LogP contribution in [-0.2, 0) is 22.6 Å². The van der Waals surface area contributed by atoms with Crippen LogP contribution in [0.5, 0.6) is 5.75 Å².